The molecule has 11 heteroatoms. The molecule has 0 aliphatic carbocycles. The van der Waals surface area contributed by atoms with Crippen LogP contribution in [0.3, 0.4) is 0 Å². The first-order valence-electron chi connectivity index (χ1n) is 9.12. The normalized spacial score (nSPS) is 18.2. The predicted molar refractivity (Wildman–Crippen MR) is 101 cm³/mol. The summed E-state index contributed by atoms with van der Waals surface area (Å²) in [6.45, 7) is 0.495. The smallest absolute Gasteiger partial charge is 0.407 e. The highest BCUT2D eigenvalue weighted by atomic mass is 16.4. The van der Waals surface area contributed by atoms with Gasteiger partial charge in [0, 0.05) is 18.2 Å². The Morgan fingerprint density at radius 1 is 1.40 bits per heavy atom. The number of carbonyl (C=O) groups is 2. The fourth-order valence-electron chi connectivity index (χ4n) is 3.47. The lowest BCUT2D eigenvalue weighted by Gasteiger charge is -2.20. The highest BCUT2D eigenvalue weighted by Crippen LogP contribution is 2.23. The van der Waals surface area contributed by atoms with Gasteiger partial charge in [-0.3, -0.25) is 9.48 Å². The first-order chi connectivity index (χ1) is 14.5. The maximum Gasteiger partial charge on any atom is 0.407 e. The molecule has 30 heavy (non-hydrogen) atoms. The number of nitriles is 1. The average Bonchev–Trinajstić information content (AvgIpc) is 3.49. The summed E-state index contributed by atoms with van der Waals surface area (Å²) < 4.78 is 7.10. The first-order valence-corrected chi connectivity index (χ1v) is 9.12. The number of benzene rings is 1. The van der Waals surface area contributed by atoms with Crippen molar-refractivity contribution in [3.63, 3.8) is 0 Å². The van der Waals surface area contributed by atoms with Gasteiger partial charge in [-0.25, -0.2) is 14.8 Å². The quantitative estimate of drug-likeness (QED) is 0.643. The zero-order chi connectivity index (χ0) is 21.1. The molecule has 1 fully saturated rings. The van der Waals surface area contributed by atoms with Crippen LogP contribution in [0.2, 0.25) is 0 Å². The van der Waals surface area contributed by atoms with E-state index in [0.717, 1.165) is 0 Å². The number of nitrogens with one attached hydrogen (secondary N) is 1. The number of carboxylic acid groups (broad SMARTS) is 1. The molecular formula is C19H17N7O4. The lowest BCUT2D eigenvalue weighted by Crippen LogP contribution is -2.39. The van der Waals surface area contributed by atoms with Crippen molar-refractivity contribution < 1.29 is 19.1 Å². The van der Waals surface area contributed by atoms with Gasteiger partial charge in [-0.05, 0) is 18.6 Å². The second-order valence-electron chi connectivity index (χ2n) is 6.83. The van der Waals surface area contributed by atoms with Gasteiger partial charge in [0.15, 0.2) is 5.76 Å². The fourth-order valence-corrected chi connectivity index (χ4v) is 3.47. The summed E-state index contributed by atoms with van der Waals surface area (Å²) in [7, 11) is 0. The monoisotopic (exact) mass is 407 g/mol. The molecule has 1 saturated heterocycles. The van der Waals surface area contributed by atoms with Gasteiger partial charge in [0.2, 0.25) is 0 Å². The number of amides is 2. The van der Waals surface area contributed by atoms with Crippen LogP contribution in [0.4, 0.5) is 4.79 Å². The molecule has 2 amide bonds. The lowest BCUT2D eigenvalue weighted by atomic mass is 10.1. The number of aromatic nitrogens is 4. The Hall–Kier alpha value is -4.20. The summed E-state index contributed by atoms with van der Waals surface area (Å²) in [5, 5.41) is 25.3. The maximum atomic E-state index is 12.6. The molecule has 0 radical (unpaired) electrons. The van der Waals surface area contributed by atoms with Gasteiger partial charge in [0.25, 0.3) is 5.89 Å². The van der Waals surface area contributed by atoms with Gasteiger partial charge in [0.05, 0.1) is 30.4 Å². The molecule has 11 nitrogen and oxygen atoms in total. The summed E-state index contributed by atoms with van der Waals surface area (Å²) >= 11 is 0. The van der Waals surface area contributed by atoms with Crippen LogP contribution in [0.5, 0.6) is 0 Å². The standard InChI is InChI=1S/C19H17N7O4/c20-6-12-2-1-3-13(4-12)16-7-22-18(30-16)17(27)24-14-5-15(26(8-14)19(28)29)9-25-11-21-10-23-25/h1-4,7,10-11,14-15H,5,8-9H2,(H,24,27)(H,28,29). The zero-order valence-electron chi connectivity index (χ0n) is 15.7. The average molecular weight is 407 g/mol. The Bertz CT molecular complexity index is 1100. The molecule has 3 aromatic rings. The third-order valence-corrected chi connectivity index (χ3v) is 4.84. The van der Waals surface area contributed by atoms with Crippen molar-refractivity contribution in [3.8, 4) is 17.4 Å². The third kappa shape index (κ3) is 3.97. The van der Waals surface area contributed by atoms with E-state index >= 15 is 0 Å². The molecule has 0 spiro atoms. The van der Waals surface area contributed by atoms with Crippen molar-refractivity contribution in [3.05, 3.63) is 54.6 Å². The van der Waals surface area contributed by atoms with E-state index in [2.05, 4.69) is 20.4 Å². The summed E-state index contributed by atoms with van der Waals surface area (Å²) in [6, 6.07) is 8.07. The van der Waals surface area contributed by atoms with Crippen LogP contribution >= 0.6 is 0 Å². The fraction of sp³-hybridized carbons (Fsp3) is 0.263. The summed E-state index contributed by atoms with van der Waals surface area (Å²) in [4.78, 5) is 33.3. The van der Waals surface area contributed by atoms with Crippen LogP contribution in [-0.4, -0.2) is 60.4 Å². The molecule has 2 unspecified atom stereocenters. The number of hydrogen-bond donors (Lipinski definition) is 2. The number of carbonyl (C=O) groups excluding carboxylic acids is 1. The van der Waals surface area contributed by atoms with Gasteiger partial charge >= 0.3 is 12.0 Å². The lowest BCUT2D eigenvalue weighted by molar-refractivity contribution is 0.0901. The Kier molecular flexibility index (Phi) is 5.13. The van der Waals surface area contributed by atoms with E-state index in [1.807, 2.05) is 6.07 Å². The van der Waals surface area contributed by atoms with E-state index < -0.39 is 12.0 Å². The van der Waals surface area contributed by atoms with Crippen molar-refractivity contribution in [2.75, 3.05) is 6.54 Å². The number of rotatable bonds is 5. The Morgan fingerprint density at radius 3 is 3.00 bits per heavy atom. The molecule has 0 bridgehead atoms. The largest absolute Gasteiger partial charge is 0.465 e. The maximum absolute atomic E-state index is 12.6. The van der Waals surface area contributed by atoms with Crippen LogP contribution in [0.15, 0.2) is 47.5 Å². The SMILES string of the molecule is N#Cc1cccc(-c2cnc(C(=O)NC3CC(Cn4cncn4)N(C(=O)O)C3)o2)c1. The van der Waals surface area contributed by atoms with Crippen molar-refractivity contribution in [2.24, 2.45) is 0 Å². The molecule has 4 rings (SSSR count). The Morgan fingerprint density at radius 2 is 2.27 bits per heavy atom. The van der Waals surface area contributed by atoms with E-state index in [9.17, 15) is 14.7 Å². The highest BCUT2D eigenvalue weighted by Gasteiger charge is 2.37. The van der Waals surface area contributed by atoms with E-state index in [-0.39, 0.29) is 24.5 Å². The van der Waals surface area contributed by atoms with Crippen molar-refractivity contribution >= 4 is 12.0 Å². The van der Waals surface area contributed by atoms with Gasteiger partial charge in [-0.1, -0.05) is 12.1 Å². The molecule has 2 N–H and O–H groups in total. The molecule has 1 aromatic carbocycles. The molecule has 0 saturated carbocycles. The predicted octanol–water partition coefficient (Wildman–Crippen LogP) is 1.36. The Balaban J connectivity index is 1.43. The zero-order valence-corrected chi connectivity index (χ0v) is 15.7. The summed E-state index contributed by atoms with van der Waals surface area (Å²) in [5.74, 6) is -0.303. The molecule has 1 aliphatic heterocycles. The first kappa shape index (κ1) is 19.1. The van der Waals surface area contributed by atoms with E-state index in [1.165, 1.54) is 23.8 Å². The van der Waals surface area contributed by atoms with Crippen LogP contribution in [0.25, 0.3) is 11.3 Å². The molecular weight excluding hydrogens is 390 g/mol. The number of likely N-dealkylation sites (tertiary alicyclic amines) is 1. The van der Waals surface area contributed by atoms with Gasteiger partial charge < -0.3 is 19.7 Å². The molecule has 1 aliphatic rings. The molecule has 2 aromatic heterocycles. The van der Waals surface area contributed by atoms with Crippen LogP contribution in [0.1, 0.15) is 22.7 Å². The van der Waals surface area contributed by atoms with Crippen LogP contribution in [0, 0.1) is 11.3 Å². The van der Waals surface area contributed by atoms with Crippen LogP contribution in [-0.2, 0) is 6.54 Å². The topological polar surface area (TPSA) is 150 Å². The minimum atomic E-state index is -1.06. The highest BCUT2D eigenvalue weighted by molar-refractivity contribution is 5.90. The number of nitrogens with zero attached hydrogens (tertiary/aromatic N) is 6. The van der Waals surface area contributed by atoms with Gasteiger partial charge in [0.1, 0.15) is 12.7 Å². The summed E-state index contributed by atoms with van der Waals surface area (Å²) in [5.41, 5.74) is 1.10. The Labute approximate surface area is 170 Å². The van der Waals surface area contributed by atoms with E-state index in [1.54, 1.807) is 28.9 Å². The van der Waals surface area contributed by atoms with E-state index in [0.29, 0.717) is 29.9 Å². The number of hydrogen-bond acceptors (Lipinski definition) is 7. The van der Waals surface area contributed by atoms with Crippen molar-refractivity contribution in [2.45, 2.75) is 25.0 Å². The second kappa shape index (κ2) is 8.04. The molecule has 152 valence electrons. The molecule has 3 heterocycles. The van der Waals surface area contributed by atoms with Gasteiger partial charge in [-0.2, -0.15) is 10.4 Å². The number of oxazole rings is 1. The minimum Gasteiger partial charge on any atom is -0.465 e. The molecule has 2 atom stereocenters. The van der Waals surface area contributed by atoms with Crippen LogP contribution < -0.4 is 5.32 Å². The van der Waals surface area contributed by atoms with Crippen molar-refractivity contribution in [1.29, 1.82) is 5.26 Å². The van der Waals surface area contributed by atoms with E-state index in [4.69, 9.17) is 9.68 Å². The third-order valence-electron chi connectivity index (χ3n) is 4.84. The van der Waals surface area contributed by atoms with Crippen molar-refractivity contribution in [1.82, 2.24) is 30.0 Å². The van der Waals surface area contributed by atoms with Gasteiger partial charge in [-0.15, -0.1) is 0 Å². The summed E-state index contributed by atoms with van der Waals surface area (Å²) in [6.07, 6.45) is 3.67. The minimum absolute atomic E-state index is 0.131. The second-order valence-corrected chi connectivity index (χ2v) is 6.83.